The molecule has 1 heterocycles. The molecule has 1 atom stereocenters. The lowest BCUT2D eigenvalue weighted by molar-refractivity contribution is 0.0782. The fourth-order valence-corrected chi connectivity index (χ4v) is 4.28. The van der Waals surface area contributed by atoms with Crippen LogP contribution in [-0.4, -0.2) is 55.9 Å². The molecule has 1 unspecified atom stereocenters. The molecule has 8 heteroatoms. The molecule has 0 saturated carbocycles. The molecule has 0 amide bonds. The van der Waals surface area contributed by atoms with E-state index >= 15 is 0 Å². The van der Waals surface area contributed by atoms with Gasteiger partial charge in [-0.2, -0.15) is 11.8 Å². The molecule has 2 N–H and O–H groups in total. The Morgan fingerprint density at radius 3 is 2.56 bits per heavy atom. The van der Waals surface area contributed by atoms with Gasteiger partial charge in [0.05, 0.1) is 6.54 Å². The van der Waals surface area contributed by atoms with Gasteiger partial charge in [0, 0.05) is 36.6 Å². The highest BCUT2D eigenvalue weighted by Crippen LogP contribution is 2.34. The lowest BCUT2D eigenvalue weighted by atomic mass is 9.99. The topological polar surface area (TPSA) is 54.9 Å². The zero-order valence-electron chi connectivity index (χ0n) is 16.3. The molecule has 0 aromatic heterocycles. The molecule has 1 aliphatic rings. The van der Waals surface area contributed by atoms with Crippen molar-refractivity contribution in [3.8, 4) is 5.75 Å². The molecule has 0 spiro atoms. The third-order valence-corrected chi connectivity index (χ3v) is 6.07. The number of hydrogen-bond donors (Lipinski definition) is 2. The molecule has 0 aliphatic carbocycles. The van der Waals surface area contributed by atoms with E-state index in [-0.39, 0.29) is 34.8 Å². The van der Waals surface area contributed by atoms with Crippen LogP contribution in [0, 0.1) is 0 Å². The number of hydrogen-bond acceptors (Lipinski definition) is 4. The minimum absolute atomic E-state index is 0. The zero-order valence-corrected chi connectivity index (χ0v) is 20.2. The number of nitrogens with one attached hydrogen (secondary N) is 2. The standard InChI is InChI=1S/C19H30ClN3O2S.HI/c1-4-26-19(9-11-24-12-10-19)14-23-18(21-3)22-13-15(2)25-17-7-5-16(20)6-8-17;/h5-8,15H,4,9-14H2,1-3H3,(H2,21,22,23);1H. The molecule has 1 aromatic rings. The molecular weight excluding hydrogens is 497 g/mol. The first-order valence-corrected chi connectivity index (χ1v) is 10.5. The van der Waals surface area contributed by atoms with E-state index in [4.69, 9.17) is 21.1 Å². The summed E-state index contributed by atoms with van der Waals surface area (Å²) >= 11 is 7.92. The van der Waals surface area contributed by atoms with Crippen molar-refractivity contribution < 1.29 is 9.47 Å². The Morgan fingerprint density at radius 1 is 1.30 bits per heavy atom. The van der Waals surface area contributed by atoms with E-state index in [0.717, 1.165) is 50.1 Å². The predicted octanol–water partition coefficient (Wildman–Crippen LogP) is 4.19. The van der Waals surface area contributed by atoms with Gasteiger partial charge in [0.1, 0.15) is 11.9 Å². The van der Waals surface area contributed by atoms with Crippen molar-refractivity contribution >= 4 is 53.3 Å². The molecule has 0 bridgehead atoms. The minimum Gasteiger partial charge on any atom is -0.489 e. The number of thioether (sulfide) groups is 1. The van der Waals surface area contributed by atoms with Crippen molar-refractivity contribution in [1.29, 1.82) is 0 Å². The maximum atomic E-state index is 5.90. The summed E-state index contributed by atoms with van der Waals surface area (Å²) in [6, 6.07) is 7.41. The van der Waals surface area contributed by atoms with Crippen LogP contribution >= 0.6 is 47.3 Å². The highest BCUT2D eigenvalue weighted by molar-refractivity contribution is 14.0. The van der Waals surface area contributed by atoms with Crippen molar-refractivity contribution in [1.82, 2.24) is 10.6 Å². The van der Waals surface area contributed by atoms with Crippen molar-refractivity contribution in [3.63, 3.8) is 0 Å². The van der Waals surface area contributed by atoms with Gasteiger partial charge >= 0.3 is 0 Å². The number of ether oxygens (including phenoxy) is 2. The maximum Gasteiger partial charge on any atom is 0.191 e. The van der Waals surface area contributed by atoms with Gasteiger partial charge in [-0.15, -0.1) is 24.0 Å². The second kappa shape index (κ2) is 13.0. The van der Waals surface area contributed by atoms with E-state index in [0.29, 0.717) is 11.6 Å². The number of aliphatic imine (C=N–C) groups is 1. The van der Waals surface area contributed by atoms with Gasteiger partial charge in [0.25, 0.3) is 0 Å². The second-order valence-corrected chi connectivity index (χ2v) is 8.59. The Bertz CT molecular complexity index is 563. The fraction of sp³-hybridized carbons (Fsp3) is 0.632. The summed E-state index contributed by atoms with van der Waals surface area (Å²) in [6.45, 7) is 7.48. The first-order valence-electron chi connectivity index (χ1n) is 9.15. The Kier molecular flexibility index (Phi) is 11.8. The molecule has 1 aromatic carbocycles. The highest BCUT2D eigenvalue weighted by atomic mass is 127. The Morgan fingerprint density at radius 2 is 1.96 bits per heavy atom. The molecule has 27 heavy (non-hydrogen) atoms. The van der Waals surface area contributed by atoms with Crippen LogP contribution < -0.4 is 15.4 Å². The molecule has 154 valence electrons. The first kappa shape index (κ1) is 24.7. The molecule has 1 aliphatic heterocycles. The van der Waals surface area contributed by atoms with Gasteiger partial charge in [0.15, 0.2) is 5.96 Å². The van der Waals surface area contributed by atoms with Crippen LogP contribution in [0.1, 0.15) is 26.7 Å². The highest BCUT2D eigenvalue weighted by Gasteiger charge is 2.32. The smallest absolute Gasteiger partial charge is 0.191 e. The summed E-state index contributed by atoms with van der Waals surface area (Å²) < 4.78 is 11.7. The van der Waals surface area contributed by atoms with Crippen LogP contribution in [0.5, 0.6) is 5.75 Å². The van der Waals surface area contributed by atoms with Crippen molar-refractivity contribution in [3.05, 3.63) is 29.3 Å². The van der Waals surface area contributed by atoms with Crippen molar-refractivity contribution in [2.24, 2.45) is 4.99 Å². The van der Waals surface area contributed by atoms with Crippen LogP contribution in [-0.2, 0) is 4.74 Å². The van der Waals surface area contributed by atoms with Crippen LogP contribution in [0.2, 0.25) is 5.02 Å². The Hall–Kier alpha value is -0.380. The summed E-state index contributed by atoms with van der Waals surface area (Å²) in [4.78, 5) is 4.34. The Balaban J connectivity index is 0.00000364. The molecule has 0 radical (unpaired) electrons. The molecular formula is C19H31ClIN3O2S. The Labute approximate surface area is 189 Å². The summed E-state index contributed by atoms with van der Waals surface area (Å²) in [5.74, 6) is 2.73. The summed E-state index contributed by atoms with van der Waals surface area (Å²) in [7, 11) is 1.80. The molecule has 1 fully saturated rings. The van der Waals surface area contributed by atoms with E-state index in [9.17, 15) is 0 Å². The van der Waals surface area contributed by atoms with E-state index < -0.39 is 0 Å². The van der Waals surface area contributed by atoms with Crippen LogP contribution in [0.15, 0.2) is 29.3 Å². The van der Waals surface area contributed by atoms with Crippen molar-refractivity contribution in [2.45, 2.75) is 37.5 Å². The van der Waals surface area contributed by atoms with Crippen LogP contribution in [0.4, 0.5) is 0 Å². The quantitative estimate of drug-likeness (QED) is 0.302. The van der Waals surface area contributed by atoms with Gasteiger partial charge in [-0.05, 0) is 49.8 Å². The van der Waals surface area contributed by atoms with Crippen LogP contribution in [0.3, 0.4) is 0 Å². The summed E-state index contributed by atoms with van der Waals surface area (Å²) in [5, 5.41) is 7.54. The van der Waals surface area contributed by atoms with Gasteiger partial charge in [-0.1, -0.05) is 18.5 Å². The number of nitrogens with zero attached hydrogens (tertiary/aromatic N) is 1. The lowest BCUT2D eigenvalue weighted by Gasteiger charge is -2.37. The first-order chi connectivity index (χ1) is 12.6. The minimum atomic E-state index is 0. The second-order valence-electron chi connectivity index (χ2n) is 6.42. The van der Waals surface area contributed by atoms with Gasteiger partial charge in [-0.25, -0.2) is 0 Å². The summed E-state index contributed by atoms with van der Waals surface area (Å²) in [5.41, 5.74) is 0. The van der Waals surface area contributed by atoms with E-state index in [1.807, 2.05) is 43.0 Å². The largest absolute Gasteiger partial charge is 0.489 e. The fourth-order valence-electron chi connectivity index (χ4n) is 2.91. The SMILES string of the molecule is CCSC1(CNC(=NC)NCC(C)Oc2ccc(Cl)cc2)CCOCC1.I. The number of guanidine groups is 1. The zero-order chi connectivity index (χ0) is 18.8. The predicted molar refractivity (Wildman–Crippen MR) is 127 cm³/mol. The van der Waals surface area contributed by atoms with Gasteiger partial charge in [-0.3, -0.25) is 4.99 Å². The van der Waals surface area contributed by atoms with Crippen molar-refractivity contribution in [2.75, 3.05) is 39.1 Å². The van der Waals surface area contributed by atoms with E-state index in [2.05, 4.69) is 22.5 Å². The third kappa shape index (κ3) is 8.66. The number of benzene rings is 1. The number of halogens is 2. The summed E-state index contributed by atoms with van der Waals surface area (Å²) in [6.07, 6.45) is 2.16. The average molecular weight is 528 g/mol. The van der Waals surface area contributed by atoms with Crippen LogP contribution in [0.25, 0.3) is 0 Å². The maximum absolute atomic E-state index is 5.90. The molecule has 5 nitrogen and oxygen atoms in total. The average Bonchev–Trinajstić information content (AvgIpc) is 2.65. The molecule has 2 rings (SSSR count). The lowest BCUT2D eigenvalue weighted by Crippen LogP contribution is -2.49. The van der Waals surface area contributed by atoms with Gasteiger partial charge < -0.3 is 20.1 Å². The monoisotopic (exact) mass is 527 g/mol. The normalized spacial score (nSPS) is 17.6. The van der Waals surface area contributed by atoms with E-state index in [1.54, 1.807) is 7.05 Å². The molecule has 1 saturated heterocycles. The van der Waals surface area contributed by atoms with E-state index in [1.165, 1.54) is 0 Å². The third-order valence-electron chi connectivity index (χ3n) is 4.36. The van der Waals surface area contributed by atoms with Gasteiger partial charge in [0.2, 0.25) is 0 Å². The number of rotatable bonds is 8.